The van der Waals surface area contributed by atoms with Crippen LogP contribution in [0.15, 0.2) is 30.9 Å². The van der Waals surface area contributed by atoms with Gasteiger partial charge in [-0.2, -0.15) is 0 Å². The van der Waals surface area contributed by atoms with Crippen LogP contribution < -0.4 is 4.74 Å². The monoisotopic (exact) mass is 226 g/mol. The number of phenolic OH excluding ortho intramolecular Hbond substituents is 1. The first-order valence-electron chi connectivity index (χ1n) is 4.35. The van der Waals surface area contributed by atoms with Gasteiger partial charge in [0.25, 0.3) is 0 Å². The van der Waals surface area contributed by atoms with Gasteiger partial charge in [-0.25, -0.2) is 0 Å². The van der Waals surface area contributed by atoms with Gasteiger partial charge in [0, 0.05) is 5.56 Å². The van der Waals surface area contributed by atoms with Crippen molar-refractivity contribution in [3.8, 4) is 11.5 Å². The Balaban J connectivity index is 2.87. The number of ketones is 1. The number of benzene rings is 1. The molecular weight excluding hydrogens is 216 g/mol. The molecule has 0 amide bonds. The van der Waals surface area contributed by atoms with Gasteiger partial charge >= 0.3 is 0 Å². The molecule has 0 heterocycles. The molecule has 0 aromatic heterocycles. The van der Waals surface area contributed by atoms with E-state index in [1.165, 1.54) is 12.1 Å². The highest BCUT2D eigenvalue weighted by atomic mass is 35.5. The van der Waals surface area contributed by atoms with Crippen molar-refractivity contribution in [2.24, 2.45) is 0 Å². The molecule has 0 aliphatic carbocycles. The molecule has 0 aliphatic rings. The Morgan fingerprint density at radius 2 is 2.33 bits per heavy atom. The first-order valence-corrected chi connectivity index (χ1v) is 4.88. The lowest BCUT2D eigenvalue weighted by atomic mass is 10.1. The van der Waals surface area contributed by atoms with Gasteiger partial charge in [0.05, 0.1) is 5.88 Å². The highest BCUT2D eigenvalue weighted by Gasteiger charge is 2.08. The number of alkyl halides is 1. The number of carbonyl (C=O) groups excluding carboxylic acids is 1. The summed E-state index contributed by atoms with van der Waals surface area (Å²) < 4.78 is 5.14. The fourth-order valence-corrected chi connectivity index (χ4v) is 1.19. The molecule has 80 valence electrons. The minimum absolute atomic E-state index is 0.0761. The van der Waals surface area contributed by atoms with Crippen LogP contribution in [-0.4, -0.2) is 23.4 Å². The zero-order valence-electron chi connectivity index (χ0n) is 8.07. The minimum atomic E-state index is -0.234. The Labute approximate surface area is 92.9 Å². The highest BCUT2D eigenvalue weighted by Crippen LogP contribution is 2.26. The molecule has 0 aliphatic heterocycles. The normalized spacial score (nSPS) is 9.67. The lowest BCUT2D eigenvalue weighted by molar-refractivity contribution is 0.102. The molecule has 3 nitrogen and oxygen atoms in total. The number of hydrogen-bond donors (Lipinski definition) is 1. The Kier molecular flexibility index (Phi) is 4.18. The van der Waals surface area contributed by atoms with Crippen LogP contribution in [0.25, 0.3) is 0 Å². The summed E-state index contributed by atoms with van der Waals surface area (Å²) >= 11 is 5.39. The first-order chi connectivity index (χ1) is 7.19. The summed E-state index contributed by atoms with van der Waals surface area (Å²) in [5, 5.41) is 9.51. The minimum Gasteiger partial charge on any atom is -0.504 e. The SMILES string of the molecule is C=CCOc1ccc(C(=O)CCl)cc1O. The highest BCUT2D eigenvalue weighted by molar-refractivity contribution is 6.30. The van der Waals surface area contributed by atoms with Crippen LogP contribution >= 0.6 is 11.6 Å². The van der Waals surface area contributed by atoms with Gasteiger partial charge in [-0.3, -0.25) is 4.79 Å². The quantitative estimate of drug-likeness (QED) is 0.476. The number of carbonyl (C=O) groups is 1. The summed E-state index contributed by atoms with van der Waals surface area (Å²) in [5.74, 6) is -0.0946. The van der Waals surface area contributed by atoms with Crippen molar-refractivity contribution in [1.82, 2.24) is 0 Å². The molecule has 4 heteroatoms. The number of aromatic hydroxyl groups is 1. The number of hydrogen-bond acceptors (Lipinski definition) is 3. The van der Waals surface area contributed by atoms with Crippen LogP contribution in [0.1, 0.15) is 10.4 Å². The number of ether oxygens (including phenoxy) is 1. The molecule has 0 radical (unpaired) electrons. The van der Waals surface area contributed by atoms with Crippen molar-refractivity contribution in [2.45, 2.75) is 0 Å². The van der Waals surface area contributed by atoms with E-state index in [4.69, 9.17) is 16.3 Å². The fourth-order valence-electron chi connectivity index (χ4n) is 1.04. The summed E-state index contributed by atoms with van der Waals surface area (Å²) in [5.41, 5.74) is 0.369. The molecule has 1 aromatic rings. The van der Waals surface area contributed by atoms with Crippen LogP contribution in [0.4, 0.5) is 0 Å². The van der Waals surface area contributed by atoms with Crippen molar-refractivity contribution < 1.29 is 14.6 Å². The van der Waals surface area contributed by atoms with E-state index in [2.05, 4.69) is 6.58 Å². The van der Waals surface area contributed by atoms with Crippen LogP contribution in [0.3, 0.4) is 0 Å². The topological polar surface area (TPSA) is 46.5 Å². The molecule has 0 unspecified atom stereocenters. The number of halogens is 1. The second kappa shape index (κ2) is 5.41. The molecule has 1 aromatic carbocycles. The first kappa shape index (κ1) is 11.6. The van der Waals surface area contributed by atoms with Gasteiger partial charge in [0.2, 0.25) is 0 Å². The molecule has 0 saturated heterocycles. The fraction of sp³-hybridized carbons (Fsp3) is 0.182. The van der Waals surface area contributed by atoms with E-state index < -0.39 is 0 Å². The zero-order valence-corrected chi connectivity index (χ0v) is 8.83. The maximum absolute atomic E-state index is 11.2. The molecule has 0 spiro atoms. The van der Waals surface area contributed by atoms with Crippen molar-refractivity contribution in [3.63, 3.8) is 0 Å². The molecule has 1 rings (SSSR count). The average Bonchev–Trinajstić information content (AvgIpc) is 2.26. The Morgan fingerprint density at radius 1 is 1.60 bits per heavy atom. The second-order valence-corrected chi connectivity index (χ2v) is 3.11. The maximum Gasteiger partial charge on any atom is 0.177 e. The second-order valence-electron chi connectivity index (χ2n) is 2.84. The largest absolute Gasteiger partial charge is 0.504 e. The summed E-state index contributed by atoms with van der Waals surface area (Å²) in [6.45, 7) is 3.79. The number of Topliss-reactive ketones (excluding diaryl/α,β-unsaturated/α-hetero) is 1. The lowest BCUT2D eigenvalue weighted by Crippen LogP contribution is -2.00. The summed E-state index contributed by atoms with van der Waals surface area (Å²) in [7, 11) is 0. The third kappa shape index (κ3) is 2.99. The van der Waals surface area contributed by atoms with Gasteiger partial charge in [-0.05, 0) is 18.2 Å². The van der Waals surface area contributed by atoms with Crippen LogP contribution in [0, 0.1) is 0 Å². The van der Waals surface area contributed by atoms with E-state index >= 15 is 0 Å². The van der Waals surface area contributed by atoms with Gasteiger partial charge in [-0.15, -0.1) is 11.6 Å². The van der Waals surface area contributed by atoms with Crippen molar-refractivity contribution in [1.29, 1.82) is 0 Å². The van der Waals surface area contributed by atoms with E-state index in [0.717, 1.165) is 0 Å². The predicted molar refractivity (Wildman–Crippen MR) is 58.8 cm³/mol. The van der Waals surface area contributed by atoms with E-state index in [9.17, 15) is 9.90 Å². The maximum atomic E-state index is 11.2. The zero-order chi connectivity index (χ0) is 11.3. The number of phenols is 1. The number of rotatable bonds is 5. The van der Waals surface area contributed by atoms with E-state index in [-0.39, 0.29) is 17.4 Å². The van der Waals surface area contributed by atoms with Crippen molar-refractivity contribution in [3.05, 3.63) is 36.4 Å². The molecule has 0 bridgehead atoms. The van der Waals surface area contributed by atoms with E-state index in [1.807, 2.05) is 0 Å². The van der Waals surface area contributed by atoms with Gasteiger partial charge in [0.1, 0.15) is 6.61 Å². The van der Waals surface area contributed by atoms with Crippen molar-refractivity contribution in [2.75, 3.05) is 12.5 Å². The van der Waals surface area contributed by atoms with E-state index in [1.54, 1.807) is 12.1 Å². The Bertz CT molecular complexity index is 374. The van der Waals surface area contributed by atoms with E-state index in [0.29, 0.717) is 17.9 Å². The van der Waals surface area contributed by atoms with Crippen LogP contribution in [-0.2, 0) is 0 Å². The summed E-state index contributed by atoms with van der Waals surface area (Å²) in [4.78, 5) is 11.2. The Morgan fingerprint density at radius 3 is 2.87 bits per heavy atom. The smallest absolute Gasteiger partial charge is 0.177 e. The van der Waals surface area contributed by atoms with Gasteiger partial charge in [-0.1, -0.05) is 12.7 Å². The molecular formula is C11H11ClO3. The van der Waals surface area contributed by atoms with Gasteiger partial charge < -0.3 is 9.84 Å². The summed E-state index contributed by atoms with van der Waals surface area (Å²) in [6, 6.07) is 4.42. The van der Waals surface area contributed by atoms with Crippen LogP contribution in [0.5, 0.6) is 11.5 Å². The lowest BCUT2D eigenvalue weighted by Gasteiger charge is -2.06. The van der Waals surface area contributed by atoms with Gasteiger partial charge in [0.15, 0.2) is 17.3 Å². The molecule has 0 saturated carbocycles. The molecule has 1 N–H and O–H groups in total. The molecule has 15 heavy (non-hydrogen) atoms. The third-order valence-electron chi connectivity index (χ3n) is 1.76. The molecule has 0 atom stereocenters. The Hall–Kier alpha value is -1.48. The van der Waals surface area contributed by atoms with Crippen LogP contribution in [0.2, 0.25) is 0 Å². The average molecular weight is 227 g/mol. The standard InChI is InChI=1S/C11H11ClO3/c1-2-5-15-11-4-3-8(6-9(11)13)10(14)7-12/h2-4,6,13H,1,5,7H2. The summed E-state index contributed by atoms with van der Waals surface area (Å²) in [6.07, 6.45) is 1.57. The molecule has 0 fully saturated rings. The predicted octanol–water partition coefficient (Wildman–Crippen LogP) is 2.38. The van der Waals surface area contributed by atoms with Crippen molar-refractivity contribution >= 4 is 17.4 Å². The third-order valence-corrected chi connectivity index (χ3v) is 2.00.